The van der Waals surface area contributed by atoms with Crippen LogP contribution in [-0.4, -0.2) is 36.1 Å². The summed E-state index contributed by atoms with van der Waals surface area (Å²) in [5, 5.41) is 5.70. The summed E-state index contributed by atoms with van der Waals surface area (Å²) in [6.07, 6.45) is 6.91. The maximum absolute atomic E-state index is 11.8. The van der Waals surface area contributed by atoms with Crippen molar-refractivity contribution < 1.29 is 4.79 Å². The molecule has 1 saturated carbocycles. The first-order valence-corrected chi connectivity index (χ1v) is 6.63. The predicted molar refractivity (Wildman–Crippen MR) is 75.3 cm³/mol. The van der Waals surface area contributed by atoms with E-state index >= 15 is 0 Å². The number of amides is 2. The van der Waals surface area contributed by atoms with Crippen LogP contribution in [0.15, 0.2) is 12.4 Å². The lowest BCUT2D eigenvalue weighted by Crippen LogP contribution is -2.42. The van der Waals surface area contributed by atoms with Gasteiger partial charge < -0.3 is 15.5 Å². The molecule has 1 aromatic rings. The van der Waals surface area contributed by atoms with E-state index in [1.165, 1.54) is 19.3 Å². The summed E-state index contributed by atoms with van der Waals surface area (Å²) in [5.74, 6) is 1.24. The van der Waals surface area contributed by atoms with Gasteiger partial charge in [-0.3, -0.25) is 0 Å². The van der Waals surface area contributed by atoms with E-state index in [1.54, 1.807) is 12.4 Å². The maximum Gasteiger partial charge on any atom is 0.319 e. The average Bonchev–Trinajstić information content (AvgIpc) is 2.26. The van der Waals surface area contributed by atoms with E-state index in [-0.39, 0.29) is 12.1 Å². The first-order chi connectivity index (χ1) is 9.06. The van der Waals surface area contributed by atoms with Gasteiger partial charge in [-0.15, -0.1) is 0 Å². The van der Waals surface area contributed by atoms with Gasteiger partial charge in [-0.05, 0) is 25.7 Å². The molecule has 2 rings (SSSR count). The van der Waals surface area contributed by atoms with Gasteiger partial charge in [0.25, 0.3) is 0 Å². The Morgan fingerprint density at radius 1 is 1.37 bits per heavy atom. The second-order valence-corrected chi connectivity index (χ2v) is 5.24. The highest BCUT2D eigenvalue weighted by atomic mass is 16.2. The van der Waals surface area contributed by atoms with Crippen LogP contribution in [0.25, 0.3) is 0 Å². The summed E-state index contributed by atoms with van der Waals surface area (Å²) in [4.78, 5) is 21.9. The standard InChI is InChI=1S/C13H21N5O/c1-9(10-5-4-6-10)16-13(19)17-11-7-14-12(15-8-11)18(2)3/h7-10H,4-6H2,1-3H3,(H2,16,17,19). The third kappa shape index (κ3) is 3.56. The molecule has 1 heterocycles. The number of carbonyl (C=O) groups excluding carboxylic acids is 1. The monoisotopic (exact) mass is 263 g/mol. The van der Waals surface area contributed by atoms with Gasteiger partial charge in [0, 0.05) is 20.1 Å². The quantitative estimate of drug-likeness (QED) is 0.869. The number of anilines is 2. The first-order valence-electron chi connectivity index (χ1n) is 6.63. The molecule has 0 spiro atoms. The molecular formula is C13H21N5O. The number of nitrogens with zero attached hydrogens (tertiary/aromatic N) is 3. The molecular weight excluding hydrogens is 242 g/mol. The lowest BCUT2D eigenvalue weighted by atomic mass is 9.80. The highest BCUT2D eigenvalue weighted by Crippen LogP contribution is 2.29. The van der Waals surface area contributed by atoms with Crippen LogP contribution < -0.4 is 15.5 Å². The molecule has 1 unspecified atom stereocenters. The predicted octanol–water partition coefficient (Wildman–Crippen LogP) is 1.85. The highest BCUT2D eigenvalue weighted by molar-refractivity contribution is 5.89. The summed E-state index contributed by atoms with van der Waals surface area (Å²) < 4.78 is 0. The van der Waals surface area contributed by atoms with Crippen molar-refractivity contribution in [2.75, 3.05) is 24.3 Å². The molecule has 0 radical (unpaired) electrons. The van der Waals surface area contributed by atoms with E-state index in [0.29, 0.717) is 17.6 Å². The van der Waals surface area contributed by atoms with E-state index in [1.807, 2.05) is 19.0 Å². The normalized spacial score (nSPS) is 16.4. The number of hydrogen-bond donors (Lipinski definition) is 2. The van der Waals surface area contributed by atoms with E-state index in [9.17, 15) is 4.79 Å². The summed E-state index contributed by atoms with van der Waals surface area (Å²) in [6.45, 7) is 2.05. The summed E-state index contributed by atoms with van der Waals surface area (Å²) in [7, 11) is 3.74. The molecule has 1 atom stereocenters. The SMILES string of the molecule is CC(NC(=O)Nc1cnc(N(C)C)nc1)C1CCC1. The van der Waals surface area contributed by atoms with Gasteiger partial charge in [0.1, 0.15) is 0 Å². The molecule has 1 aliphatic rings. The molecule has 6 nitrogen and oxygen atoms in total. The molecule has 0 aliphatic heterocycles. The third-order valence-electron chi connectivity index (χ3n) is 3.51. The molecule has 2 N–H and O–H groups in total. The molecule has 2 amide bonds. The molecule has 1 aromatic heterocycles. The zero-order chi connectivity index (χ0) is 13.8. The van der Waals surface area contributed by atoms with Gasteiger partial charge >= 0.3 is 6.03 Å². The van der Waals surface area contributed by atoms with Crippen LogP contribution >= 0.6 is 0 Å². The Kier molecular flexibility index (Phi) is 4.19. The molecule has 104 valence electrons. The van der Waals surface area contributed by atoms with Gasteiger partial charge in [-0.25, -0.2) is 14.8 Å². The summed E-state index contributed by atoms with van der Waals surface area (Å²) in [5.41, 5.74) is 0.601. The van der Waals surface area contributed by atoms with Crippen LogP contribution in [0.3, 0.4) is 0 Å². The number of rotatable bonds is 4. The second-order valence-electron chi connectivity index (χ2n) is 5.24. The fourth-order valence-electron chi connectivity index (χ4n) is 2.05. The lowest BCUT2D eigenvalue weighted by molar-refractivity contribution is 0.222. The number of nitrogens with one attached hydrogen (secondary N) is 2. The van der Waals surface area contributed by atoms with Crippen molar-refractivity contribution in [1.29, 1.82) is 0 Å². The van der Waals surface area contributed by atoms with Crippen LogP contribution in [0.1, 0.15) is 26.2 Å². The molecule has 0 saturated heterocycles. The van der Waals surface area contributed by atoms with Gasteiger partial charge in [0.2, 0.25) is 5.95 Å². The summed E-state index contributed by atoms with van der Waals surface area (Å²) in [6, 6.07) is 0.0244. The minimum atomic E-state index is -0.194. The lowest BCUT2D eigenvalue weighted by Gasteiger charge is -2.31. The smallest absolute Gasteiger partial charge is 0.319 e. The van der Waals surface area contributed by atoms with E-state index in [2.05, 4.69) is 27.5 Å². The Morgan fingerprint density at radius 3 is 2.47 bits per heavy atom. The highest BCUT2D eigenvalue weighted by Gasteiger charge is 2.24. The molecule has 1 fully saturated rings. The van der Waals surface area contributed by atoms with Gasteiger partial charge in [0.15, 0.2) is 0 Å². The maximum atomic E-state index is 11.8. The van der Waals surface area contributed by atoms with Crippen molar-refractivity contribution in [2.24, 2.45) is 5.92 Å². The van der Waals surface area contributed by atoms with Gasteiger partial charge in [-0.2, -0.15) is 0 Å². The van der Waals surface area contributed by atoms with E-state index in [0.717, 1.165) is 0 Å². The van der Waals surface area contributed by atoms with Gasteiger partial charge in [-0.1, -0.05) is 6.42 Å². The first kappa shape index (κ1) is 13.6. The zero-order valence-corrected chi connectivity index (χ0v) is 11.7. The Bertz CT molecular complexity index is 427. The number of carbonyl (C=O) groups is 1. The molecule has 1 aliphatic carbocycles. The Hall–Kier alpha value is -1.85. The minimum Gasteiger partial charge on any atom is -0.347 e. The third-order valence-corrected chi connectivity index (χ3v) is 3.51. The van der Waals surface area contributed by atoms with Crippen LogP contribution in [0.4, 0.5) is 16.4 Å². The van der Waals surface area contributed by atoms with Crippen LogP contribution in [-0.2, 0) is 0 Å². The van der Waals surface area contributed by atoms with Crippen molar-refractivity contribution in [2.45, 2.75) is 32.2 Å². The Balaban J connectivity index is 1.84. The number of aromatic nitrogens is 2. The van der Waals surface area contributed by atoms with Crippen molar-refractivity contribution >= 4 is 17.7 Å². The van der Waals surface area contributed by atoms with Gasteiger partial charge in [0.05, 0.1) is 18.1 Å². The van der Waals surface area contributed by atoms with Crippen LogP contribution in [0.5, 0.6) is 0 Å². The Labute approximate surface area is 113 Å². The average molecular weight is 263 g/mol. The number of hydrogen-bond acceptors (Lipinski definition) is 4. The fourth-order valence-corrected chi connectivity index (χ4v) is 2.05. The number of urea groups is 1. The van der Waals surface area contributed by atoms with Crippen molar-refractivity contribution in [3.8, 4) is 0 Å². The van der Waals surface area contributed by atoms with Crippen molar-refractivity contribution in [3.05, 3.63) is 12.4 Å². The largest absolute Gasteiger partial charge is 0.347 e. The summed E-state index contributed by atoms with van der Waals surface area (Å²) >= 11 is 0. The van der Waals surface area contributed by atoms with E-state index < -0.39 is 0 Å². The second kappa shape index (κ2) is 5.86. The molecule has 6 heteroatoms. The Morgan fingerprint density at radius 2 is 2.00 bits per heavy atom. The van der Waals surface area contributed by atoms with Crippen LogP contribution in [0, 0.1) is 5.92 Å². The van der Waals surface area contributed by atoms with E-state index in [4.69, 9.17) is 0 Å². The molecule has 0 bridgehead atoms. The van der Waals surface area contributed by atoms with Crippen LogP contribution in [0.2, 0.25) is 0 Å². The topological polar surface area (TPSA) is 70.2 Å². The molecule has 19 heavy (non-hydrogen) atoms. The fraction of sp³-hybridized carbons (Fsp3) is 0.615. The minimum absolute atomic E-state index is 0.194. The molecule has 0 aromatic carbocycles. The zero-order valence-electron chi connectivity index (χ0n) is 11.7. The van der Waals surface area contributed by atoms with Crippen molar-refractivity contribution in [1.82, 2.24) is 15.3 Å². The van der Waals surface area contributed by atoms with Crippen molar-refractivity contribution in [3.63, 3.8) is 0 Å².